The van der Waals surface area contributed by atoms with Gasteiger partial charge in [-0.05, 0) is 87.6 Å². The molecule has 0 aliphatic carbocycles. The van der Waals surface area contributed by atoms with Crippen molar-refractivity contribution in [2.45, 2.75) is 58.5 Å². The summed E-state index contributed by atoms with van der Waals surface area (Å²) in [5.74, 6) is -0.0559. The molecule has 0 radical (unpaired) electrons. The number of fused-ring (bicyclic) bond motifs is 1. The van der Waals surface area contributed by atoms with Crippen molar-refractivity contribution in [2.75, 3.05) is 10.2 Å². The summed E-state index contributed by atoms with van der Waals surface area (Å²) in [4.78, 5) is 15.1. The van der Waals surface area contributed by atoms with E-state index in [4.69, 9.17) is 11.6 Å². The van der Waals surface area contributed by atoms with Gasteiger partial charge in [0.1, 0.15) is 11.6 Å². The molecule has 0 unspecified atom stereocenters. The Hall–Kier alpha value is -2.77. The Kier molecular flexibility index (Phi) is 6.24. The molecule has 1 heterocycles. The number of carbonyl (C=O) groups is 1. The monoisotopic (exact) mass is 421 g/mol. The van der Waals surface area contributed by atoms with Crippen LogP contribution >= 0.6 is 11.6 Å². The van der Waals surface area contributed by atoms with Crippen LogP contribution < -0.4 is 10.2 Å². The van der Waals surface area contributed by atoms with Gasteiger partial charge in [0.2, 0.25) is 0 Å². The molecule has 2 aromatic rings. The van der Waals surface area contributed by atoms with Gasteiger partial charge >= 0.3 is 0 Å². The average Bonchev–Trinajstić information content (AvgIpc) is 2.65. The predicted molar refractivity (Wildman–Crippen MR) is 125 cm³/mol. The minimum Gasteiger partial charge on any atom is -0.364 e. The number of amides is 1. The van der Waals surface area contributed by atoms with E-state index in [0.29, 0.717) is 22.7 Å². The summed E-state index contributed by atoms with van der Waals surface area (Å²) in [7, 11) is 0. The van der Waals surface area contributed by atoms with Crippen LogP contribution in [0.25, 0.3) is 6.08 Å². The third-order valence-electron chi connectivity index (χ3n) is 5.57. The molecule has 1 N–H and O–H groups in total. The van der Waals surface area contributed by atoms with Crippen molar-refractivity contribution in [3.8, 4) is 6.07 Å². The van der Waals surface area contributed by atoms with E-state index < -0.39 is 5.91 Å². The lowest BCUT2D eigenvalue weighted by Crippen LogP contribution is -2.51. The summed E-state index contributed by atoms with van der Waals surface area (Å²) in [5.41, 5.74) is 4.02. The second-order valence-electron chi connectivity index (χ2n) is 8.83. The fraction of sp³-hybridized carbons (Fsp3) is 0.360. The predicted octanol–water partition coefficient (Wildman–Crippen LogP) is 6.39. The third-order valence-corrected chi connectivity index (χ3v) is 5.81. The maximum atomic E-state index is 12.6. The van der Waals surface area contributed by atoms with Crippen molar-refractivity contribution in [3.63, 3.8) is 0 Å². The Bertz CT molecular complexity index is 1030. The van der Waals surface area contributed by atoms with Gasteiger partial charge in [-0.25, -0.2) is 0 Å². The molecular weight excluding hydrogens is 394 g/mol. The van der Waals surface area contributed by atoms with Gasteiger partial charge in [-0.2, -0.15) is 5.26 Å². The first-order chi connectivity index (χ1) is 14.1. The summed E-state index contributed by atoms with van der Waals surface area (Å²) < 4.78 is 0. The van der Waals surface area contributed by atoms with E-state index in [2.05, 4.69) is 57.0 Å². The van der Waals surface area contributed by atoms with E-state index in [0.717, 1.165) is 12.0 Å². The van der Waals surface area contributed by atoms with Gasteiger partial charge in [0.05, 0.1) is 0 Å². The van der Waals surface area contributed by atoms with E-state index in [1.807, 2.05) is 12.1 Å². The van der Waals surface area contributed by atoms with Crippen LogP contribution in [0, 0.1) is 11.3 Å². The van der Waals surface area contributed by atoms with Gasteiger partial charge in [0, 0.05) is 28.0 Å². The fourth-order valence-electron chi connectivity index (χ4n) is 4.62. The highest BCUT2D eigenvalue weighted by Gasteiger charge is 2.37. The third kappa shape index (κ3) is 4.52. The van der Waals surface area contributed by atoms with Crippen molar-refractivity contribution in [1.29, 1.82) is 5.26 Å². The number of carbonyl (C=O) groups excluding carboxylic acids is 1. The Morgan fingerprint density at radius 3 is 2.67 bits per heavy atom. The van der Waals surface area contributed by atoms with Crippen LogP contribution in [0.15, 0.2) is 48.0 Å². The number of nitrogens with zero attached hydrogens (tertiary/aromatic N) is 2. The Morgan fingerprint density at radius 1 is 1.30 bits per heavy atom. The second kappa shape index (κ2) is 8.53. The van der Waals surface area contributed by atoms with Gasteiger partial charge in [0.15, 0.2) is 0 Å². The zero-order chi connectivity index (χ0) is 22.1. The standard InChI is InChI=1S/C25H28ClN3O/c1-16(2)29-23-10-9-18(12-22(23)17(3)14-25(29,4)5)11-19(15-27)24(30)28-21-8-6-7-20(26)13-21/h6-13,16-17H,14H2,1-5H3,(H,28,30)/b19-11-/t17-/m0/s1. The highest BCUT2D eigenvalue weighted by molar-refractivity contribution is 6.31. The number of rotatable bonds is 4. The van der Waals surface area contributed by atoms with Gasteiger partial charge in [-0.3, -0.25) is 4.79 Å². The van der Waals surface area contributed by atoms with Crippen molar-refractivity contribution >= 4 is 35.0 Å². The molecule has 5 heteroatoms. The molecule has 1 amide bonds. The Morgan fingerprint density at radius 2 is 2.03 bits per heavy atom. The number of halogens is 1. The van der Waals surface area contributed by atoms with E-state index in [-0.39, 0.29) is 11.1 Å². The molecule has 156 valence electrons. The summed E-state index contributed by atoms with van der Waals surface area (Å²) in [5, 5.41) is 12.8. The summed E-state index contributed by atoms with van der Waals surface area (Å²) in [6.07, 6.45) is 2.69. The Balaban J connectivity index is 1.92. The lowest BCUT2D eigenvalue weighted by molar-refractivity contribution is -0.112. The molecule has 3 rings (SSSR count). The number of nitrogens with one attached hydrogen (secondary N) is 1. The SMILES string of the molecule is CC(C)N1c2ccc(/C=C(/C#N)C(=O)Nc3cccc(Cl)c3)cc2[C@@H](C)CC1(C)C. The quantitative estimate of drug-likeness (QED) is 0.459. The highest BCUT2D eigenvalue weighted by Crippen LogP contribution is 2.44. The second-order valence-corrected chi connectivity index (χ2v) is 9.27. The lowest BCUT2D eigenvalue weighted by atomic mass is 9.79. The first-order valence-corrected chi connectivity index (χ1v) is 10.6. The molecule has 30 heavy (non-hydrogen) atoms. The molecule has 0 saturated carbocycles. The molecule has 0 aromatic heterocycles. The zero-order valence-corrected chi connectivity index (χ0v) is 18.9. The average molecular weight is 422 g/mol. The van der Waals surface area contributed by atoms with Crippen LogP contribution in [0.5, 0.6) is 0 Å². The number of hydrogen-bond acceptors (Lipinski definition) is 3. The summed E-state index contributed by atoms with van der Waals surface area (Å²) >= 11 is 5.97. The minimum absolute atomic E-state index is 0.0550. The number of nitriles is 1. The number of benzene rings is 2. The molecule has 1 aliphatic heterocycles. The smallest absolute Gasteiger partial charge is 0.266 e. The largest absolute Gasteiger partial charge is 0.364 e. The van der Waals surface area contributed by atoms with Gasteiger partial charge in [-0.1, -0.05) is 30.7 Å². The Labute approximate surface area is 184 Å². The van der Waals surface area contributed by atoms with E-state index in [9.17, 15) is 10.1 Å². The number of anilines is 2. The lowest BCUT2D eigenvalue weighted by Gasteiger charge is -2.50. The van der Waals surface area contributed by atoms with Crippen LogP contribution in [0.4, 0.5) is 11.4 Å². The van der Waals surface area contributed by atoms with Crippen LogP contribution in [0.3, 0.4) is 0 Å². The van der Waals surface area contributed by atoms with Gasteiger partial charge in [0.25, 0.3) is 5.91 Å². The summed E-state index contributed by atoms with van der Waals surface area (Å²) in [6, 6.07) is 15.5. The molecule has 0 bridgehead atoms. The van der Waals surface area contributed by atoms with Crippen molar-refractivity contribution in [1.82, 2.24) is 0 Å². The maximum Gasteiger partial charge on any atom is 0.266 e. The van der Waals surface area contributed by atoms with Crippen molar-refractivity contribution in [2.24, 2.45) is 0 Å². The first kappa shape index (κ1) is 21.9. The molecule has 0 spiro atoms. The van der Waals surface area contributed by atoms with Gasteiger partial charge in [-0.15, -0.1) is 0 Å². The van der Waals surface area contributed by atoms with Crippen LogP contribution in [0.1, 0.15) is 58.1 Å². The molecule has 1 aliphatic rings. The van der Waals surface area contributed by atoms with Crippen LogP contribution in [0.2, 0.25) is 5.02 Å². The fourth-order valence-corrected chi connectivity index (χ4v) is 4.81. The molecular formula is C25H28ClN3O. The summed E-state index contributed by atoms with van der Waals surface area (Å²) in [6.45, 7) is 11.2. The molecule has 0 fully saturated rings. The zero-order valence-electron chi connectivity index (χ0n) is 18.2. The normalized spacial score (nSPS) is 18.0. The van der Waals surface area contributed by atoms with E-state index in [1.165, 1.54) is 11.3 Å². The van der Waals surface area contributed by atoms with Crippen LogP contribution in [-0.4, -0.2) is 17.5 Å². The number of hydrogen-bond donors (Lipinski definition) is 1. The van der Waals surface area contributed by atoms with Crippen molar-refractivity contribution < 1.29 is 4.79 Å². The topological polar surface area (TPSA) is 56.1 Å². The maximum absolute atomic E-state index is 12.6. The highest BCUT2D eigenvalue weighted by atomic mass is 35.5. The molecule has 2 aromatic carbocycles. The van der Waals surface area contributed by atoms with E-state index >= 15 is 0 Å². The molecule has 4 nitrogen and oxygen atoms in total. The van der Waals surface area contributed by atoms with Crippen LogP contribution in [-0.2, 0) is 4.79 Å². The molecule has 1 atom stereocenters. The van der Waals surface area contributed by atoms with E-state index in [1.54, 1.807) is 30.3 Å². The van der Waals surface area contributed by atoms with Crippen molar-refractivity contribution in [3.05, 3.63) is 64.2 Å². The van der Waals surface area contributed by atoms with Gasteiger partial charge < -0.3 is 10.2 Å². The minimum atomic E-state index is -0.449. The molecule has 0 saturated heterocycles. The first-order valence-electron chi connectivity index (χ1n) is 10.2.